The van der Waals surface area contributed by atoms with Crippen molar-refractivity contribution in [1.29, 1.82) is 0 Å². The second kappa shape index (κ2) is 52.4. The third-order valence-electron chi connectivity index (χ3n) is 13.0. The SMILES string of the molecule is CCCCCCCCCCCCCCCCCCCCCCCCC(=O)NCCOP(=O)(O)OCC(O)COC(=O)CCCCCCCCCCCCCCCCCCCCCCCC. The summed E-state index contributed by atoms with van der Waals surface area (Å²) in [5.41, 5.74) is 0. The van der Waals surface area contributed by atoms with Crippen LogP contribution in [0.3, 0.4) is 0 Å². The molecule has 3 N–H and O–H groups in total. The van der Waals surface area contributed by atoms with Gasteiger partial charge in [0.25, 0.3) is 0 Å². The highest BCUT2D eigenvalue weighted by molar-refractivity contribution is 7.47. The summed E-state index contributed by atoms with van der Waals surface area (Å²) in [6, 6.07) is 0. The van der Waals surface area contributed by atoms with E-state index in [0.29, 0.717) is 12.8 Å². The van der Waals surface area contributed by atoms with Gasteiger partial charge in [0.15, 0.2) is 0 Å². The zero-order valence-corrected chi connectivity index (χ0v) is 44.1. The molecule has 65 heavy (non-hydrogen) atoms. The number of phosphoric ester groups is 1. The van der Waals surface area contributed by atoms with Gasteiger partial charge in [-0.15, -0.1) is 0 Å². The van der Waals surface area contributed by atoms with E-state index in [0.717, 1.165) is 38.5 Å². The number of aliphatic hydroxyl groups is 1. The van der Waals surface area contributed by atoms with Crippen LogP contribution in [0.4, 0.5) is 0 Å². The third kappa shape index (κ3) is 53.8. The molecule has 0 aliphatic carbocycles. The number of hydrogen-bond acceptors (Lipinski definition) is 7. The van der Waals surface area contributed by atoms with Crippen molar-refractivity contribution in [3.05, 3.63) is 0 Å². The summed E-state index contributed by atoms with van der Waals surface area (Å²) in [5, 5.41) is 12.8. The Morgan fingerprint density at radius 1 is 0.415 bits per heavy atom. The van der Waals surface area contributed by atoms with Crippen LogP contribution in [-0.4, -0.2) is 54.3 Å². The van der Waals surface area contributed by atoms with E-state index in [9.17, 15) is 24.2 Å². The van der Waals surface area contributed by atoms with Gasteiger partial charge in [0.1, 0.15) is 12.7 Å². The average molecular weight is 944 g/mol. The highest BCUT2D eigenvalue weighted by atomic mass is 31.2. The van der Waals surface area contributed by atoms with Gasteiger partial charge in [-0.3, -0.25) is 18.6 Å². The zero-order valence-electron chi connectivity index (χ0n) is 43.2. The van der Waals surface area contributed by atoms with Crippen molar-refractivity contribution in [2.24, 2.45) is 0 Å². The number of rotatable bonds is 55. The number of carbonyl (C=O) groups is 2. The number of carbonyl (C=O) groups excluding carboxylic acids is 2. The molecule has 2 atom stereocenters. The van der Waals surface area contributed by atoms with E-state index in [1.807, 2.05) is 0 Å². The van der Waals surface area contributed by atoms with Gasteiger partial charge in [0.05, 0.1) is 13.2 Å². The lowest BCUT2D eigenvalue weighted by molar-refractivity contribution is -0.147. The number of esters is 1. The number of amides is 1. The number of nitrogens with one attached hydrogen (secondary N) is 1. The molecule has 0 aromatic rings. The van der Waals surface area contributed by atoms with Crippen molar-refractivity contribution in [2.45, 2.75) is 315 Å². The molecular formula is C55H110NO8P. The number of aliphatic hydroxyl groups excluding tert-OH is 1. The van der Waals surface area contributed by atoms with E-state index >= 15 is 0 Å². The second-order valence-electron chi connectivity index (χ2n) is 19.6. The van der Waals surface area contributed by atoms with Crippen LogP contribution in [-0.2, 0) is 27.9 Å². The van der Waals surface area contributed by atoms with E-state index in [4.69, 9.17) is 13.8 Å². The summed E-state index contributed by atoms with van der Waals surface area (Å²) in [7, 11) is -4.42. The maximum absolute atomic E-state index is 12.2. The van der Waals surface area contributed by atoms with Crippen molar-refractivity contribution >= 4 is 19.7 Å². The summed E-state index contributed by atoms with van der Waals surface area (Å²) < 4.78 is 27.1. The average Bonchev–Trinajstić information content (AvgIpc) is 3.29. The van der Waals surface area contributed by atoms with Crippen molar-refractivity contribution < 1.29 is 37.9 Å². The predicted octanol–water partition coefficient (Wildman–Crippen LogP) is 17.1. The zero-order chi connectivity index (χ0) is 47.4. The quantitative estimate of drug-likeness (QED) is 0.0312. The van der Waals surface area contributed by atoms with Crippen LogP contribution in [0, 0.1) is 0 Å². The Labute approximate surface area is 403 Å². The summed E-state index contributed by atoms with van der Waals surface area (Å²) in [4.78, 5) is 34.2. The molecule has 0 fully saturated rings. The molecule has 0 saturated carbocycles. The van der Waals surface area contributed by atoms with Crippen molar-refractivity contribution in [2.75, 3.05) is 26.4 Å². The van der Waals surface area contributed by atoms with Gasteiger partial charge in [-0.05, 0) is 12.8 Å². The first-order valence-electron chi connectivity index (χ1n) is 28.5. The topological polar surface area (TPSA) is 131 Å². The van der Waals surface area contributed by atoms with E-state index in [1.165, 1.54) is 244 Å². The summed E-state index contributed by atoms with van der Waals surface area (Å²) in [6.07, 6.45) is 57.7. The first-order chi connectivity index (χ1) is 31.8. The fourth-order valence-electron chi connectivity index (χ4n) is 8.74. The van der Waals surface area contributed by atoms with Crippen LogP contribution in [0.25, 0.3) is 0 Å². The molecule has 0 bridgehead atoms. The number of unbranched alkanes of at least 4 members (excludes halogenated alkanes) is 42. The minimum atomic E-state index is -4.42. The fraction of sp³-hybridized carbons (Fsp3) is 0.964. The van der Waals surface area contributed by atoms with Crippen LogP contribution in [0.5, 0.6) is 0 Å². The molecule has 0 heterocycles. The molecule has 10 heteroatoms. The molecule has 0 saturated heterocycles. The van der Waals surface area contributed by atoms with Crippen LogP contribution in [0.15, 0.2) is 0 Å². The summed E-state index contributed by atoms with van der Waals surface area (Å²) in [5.74, 6) is -0.495. The van der Waals surface area contributed by atoms with Gasteiger partial charge in [-0.2, -0.15) is 0 Å². The summed E-state index contributed by atoms with van der Waals surface area (Å²) in [6.45, 7) is 3.64. The molecule has 0 spiro atoms. The lowest BCUT2D eigenvalue weighted by Gasteiger charge is -2.15. The minimum Gasteiger partial charge on any atom is -0.463 e. The first kappa shape index (κ1) is 64.0. The van der Waals surface area contributed by atoms with Crippen LogP contribution < -0.4 is 5.32 Å². The van der Waals surface area contributed by atoms with Crippen LogP contribution in [0.2, 0.25) is 0 Å². The maximum atomic E-state index is 12.2. The third-order valence-corrected chi connectivity index (χ3v) is 14.0. The monoisotopic (exact) mass is 944 g/mol. The molecule has 1 amide bonds. The molecular weight excluding hydrogens is 834 g/mol. The van der Waals surface area contributed by atoms with Gasteiger partial charge in [-0.1, -0.05) is 284 Å². The minimum absolute atomic E-state index is 0.0891. The molecule has 0 aromatic heterocycles. The standard InChI is InChI=1S/C55H110NO8P/c1-3-5-7-9-11-13-15-17-19-21-23-25-27-29-31-33-35-37-39-41-43-45-47-54(58)56-49-50-63-65(60,61)64-52-53(57)51-62-55(59)48-46-44-42-40-38-36-34-32-30-28-26-24-22-20-18-16-14-12-10-8-6-4-2/h53,57H,3-52H2,1-2H3,(H,56,58)(H,60,61). The maximum Gasteiger partial charge on any atom is 0.472 e. The predicted molar refractivity (Wildman–Crippen MR) is 275 cm³/mol. The van der Waals surface area contributed by atoms with E-state index in [2.05, 4.69) is 19.2 Å². The van der Waals surface area contributed by atoms with E-state index in [-0.39, 0.29) is 25.7 Å². The van der Waals surface area contributed by atoms with E-state index in [1.54, 1.807) is 0 Å². The van der Waals surface area contributed by atoms with Crippen molar-refractivity contribution in [3.8, 4) is 0 Å². The Morgan fingerprint density at radius 3 is 1.00 bits per heavy atom. The smallest absolute Gasteiger partial charge is 0.463 e. The Bertz CT molecular complexity index is 1030. The van der Waals surface area contributed by atoms with Gasteiger partial charge >= 0.3 is 13.8 Å². The van der Waals surface area contributed by atoms with E-state index < -0.39 is 26.5 Å². The Morgan fingerprint density at radius 2 is 0.692 bits per heavy atom. The van der Waals surface area contributed by atoms with Gasteiger partial charge in [0, 0.05) is 19.4 Å². The summed E-state index contributed by atoms with van der Waals surface area (Å²) >= 11 is 0. The second-order valence-corrected chi connectivity index (χ2v) is 21.1. The number of phosphoric acid groups is 1. The lowest BCUT2D eigenvalue weighted by atomic mass is 10.0. The molecule has 9 nitrogen and oxygen atoms in total. The normalized spacial score (nSPS) is 13.0. The highest BCUT2D eigenvalue weighted by Crippen LogP contribution is 2.43. The Balaban J connectivity index is 3.47. The van der Waals surface area contributed by atoms with Crippen molar-refractivity contribution in [3.63, 3.8) is 0 Å². The Kier molecular flexibility index (Phi) is 51.6. The molecule has 0 aliphatic rings. The first-order valence-corrected chi connectivity index (χ1v) is 30.0. The van der Waals surface area contributed by atoms with Gasteiger partial charge in [0.2, 0.25) is 5.91 Å². The fourth-order valence-corrected chi connectivity index (χ4v) is 9.50. The number of ether oxygens (including phenoxy) is 1. The molecule has 0 aliphatic heterocycles. The molecule has 388 valence electrons. The lowest BCUT2D eigenvalue weighted by Crippen LogP contribution is -2.27. The number of hydrogen-bond donors (Lipinski definition) is 3. The highest BCUT2D eigenvalue weighted by Gasteiger charge is 2.23. The largest absolute Gasteiger partial charge is 0.472 e. The molecule has 2 unspecified atom stereocenters. The molecule has 0 radical (unpaired) electrons. The molecule has 0 aromatic carbocycles. The van der Waals surface area contributed by atoms with Crippen LogP contribution >= 0.6 is 7.82 Å². The molecule has 0 rings (SSSR count). The Hall–Kier alpha value is -0.990. The van der Waals surface area contributed by atoms with Gasteiger partial charge < -0.3 is 20.1 Å². The van der Waals surface area contributed by atoms with Crippen LogP contribution in [0.1, 0.15) is 309 Å². The van der Waals surface area contributed by atoms with Gasteiger partial charge in [-0.25, -0.2) is 4.57 Å². The van der Waals surface area contributed by atoms with Crippen molar-refractivity contribution in [1.82, 2.24) is 5.32 Å².